The van der Waals surface area contributed by atoms with Crippen molar-refractivity contribution < 1.29 is 0 Å². The molecule has 18 heavy (non-hydrogen) atoms. The van der Waals surface area contributed by atoms with Gasteiger partial charge < -0.3 is 5.32 Å². The standard InChI is InChI=1S/C15H25N3/c1-5-9-10-14(16-11-6-2)15-12-13(7-3)17-18(15)8-4/h1,12,14,16H,6-11H2,2-4H3. The molecule has 0 aliphatic rings. The molecular weight excluding hydrogens is 222 g/mol. The highest BCUT2D eigenvalue weighted by Crippen LogP contribution is 2.20. The number of aromatic nitrogens is 2. The first kappa shape index (κ1) is 14.8. The molecule has 3 heteroatoms. The summed E-state index contributed by atoms with van der Waals surface area (Å²) in [6.45, 7) is 8.39. The van der Waals surface area contributed by atoms with Crippen molar-refractivity contribution in [1.29, 1.82) is 0 Å². The molecule has 1 N–H and O–H groups in total. The predicted octanol–water partition coefficient (Wildman–Crippen LogP) is 2.92. The van der Waals surface area contributed by atoms with Crippen molar-refractivity contribution in [2.24, 2.45) is 0 Å². The Bertz CT molecular complexity index is 387. The number of nitrogens with one attached hydrogen (secondary N) is 1. The van der Waals surface area contributed by atoms with Crippen LogP contribution in [0.5, 0.6) is 0 Å². The van der Waals surface area contributed by atoms with Crippen LogP contribution in [-0.2, 0) is 13.0 Å². The van der Waals surface area contributed by atoms with Crippen LogP contribution in [0.25, 0.3) is 0 Å². The lowest BCUT2D eigenvalue weighted by molar-refractivity contribution is 0.460. The van der Waals surface area contributed by atoms with Gasteiger partial charge in [-0.1, -0.05) is 13.8 Å². The Morgan fingerprint density at radius 3 is 2.78 bits per heavy atom. The second kappa shape index (κ2) is 7.94. The van der Waals surface area contributed by atoms with Crippen molar-refractivity contribution in [2.45, 2.75) is 59.0 Å². The third kappa shape index (κ3) is 3.89. The highest BCUT2D eigenvalue weighted by Gasteiger charge is 2.16. The van der Waals surface area contributed by atoms with E-state index in [0.717, 1.165) is 44.5 Å². The summed E-state index contributed by atoms with van der Waals surface area (Å²) in [4.78, 5) is 0. The minimum Gasteiger partial charge on any atom is -0.309 e. The van der Waals surface area contributed by atoms with Gasteiger partial charge in [0, 0.05) is 13.0 Å². The zero-order valence-corrected chi connectivity index (χ0v) is 11.9. The van der Waals surface area contributed by atoms with Gasteiger partial charge in [-0.3, -0.25) is 4.68 Å². The van der Waals surface area contributed by atoms with Gasteiger partial charge in [0.2, 0.25) is 0 Å². The molecule has 0 radical (unpaired) electrons. The van der Waals surface area contributed by atoms with E-state index < -0.39 is 0 Å². The molecule has 0 aliphatic carbocycles. The largest absolute Gasteiger partial charge is 0.309 e. The Labute approximate surface area is 111 Å². The number of aryl methyl sites for hydroxylation is 2. The maximum absolute atomic E-state index is 5.39. The number of hydrogen-bond acceptors (Lipinski definition) is 2. The molecule has 0 saturated heterocycles. The number of hydrogen-bond donors (Lipinski definition) is 1. The van der Waals surface area contributed by atoms with Crippen molar-refractivity contribution in [2.75, 3.05) is 6.54 Å². The second-order valence-corrected chi connectivity index (χ2v) is 4.48. The molecular formula is C15H25N3. The van der Waals surface area contributed by atoms with Gasteiger partial charge in [-0.05, 0) is 38.8 Å². The molecule has 1 heterocycles. The SMILES string of the molecule is C#CCCC(NCCC)c1cc(CC)nn1CC. The molecule has 3 nitrogen and oxygen atoms in total. The molecule has 1 unspecified atom stereocenters. The molecule has 1 atom stereocenters. The lowest BCUT2D eigenvalue weighted by Gasteiger charge is -2.18. The Morgan fingerprint density at radius 2 is 2.22 bits per heavy atom. The zero-order valence-electron chi connectivity index (χ0n) is 11.9. The van der Waals surface area contributed by atoms with Gasteiger partial charge >= 0.3 is 0 Å². The lowest BCUT2D eigenvalue weighted by Crippen LogP contribution is -2.24. The Balaban J connectivity index is 2.87. The van der Waals surface area contributed by atoms with Crippen molar-refractivity contribution >= 4 is 0 Å². The molecule has 0 aromatic carbocycles. The van der Waals surface area contributed by atoms with Crippen molar-refractivity contribution in [3.8, 4) is 12.3 Å². The van der Waals surface area contributed by atoms with Crippen LogP contribution in [0.4, 0.5) is 0 Å². The van der Waals surface area contributed by atoms with Crippen LogP contribution < -0.4 is 5.32 Å². The molecule has 0 saturated carbocycles. The quantitative estimate of drug-likeness (QED) is 0.716. The maximum Gasteiger partial charge on any atom is 0.0625 e. The fraction of sp³-hybridized carbons (Fsp3) is 0.667. The fourth-order valence-electron chi connectivity index (χ4n) is 2.09. The average molecular weight is 247 g/mol. The zero-order chi connectivity index (χ0) is 13.4. The van der Waals surface area contributed by atoms with Crippen molar-refractivity contribution in [3.63, 3.8) is 0 Å². The summed E-state index contributed by atoms with van der Waals surface area (Å²) in [5.74, 6) is 2.73. The third-order valence-electron chi connectivity index (χ3n) is 3.10. The number of rotatable bonds is 8. The van der Waals surface area contributed by atoms with Crippen LogP contribution in [0.3, 0.4) is 0 Å². The molecule has 0 aliphatic heterocycles. The third-order valence-corrected chi connectivity index (χ3v) is 3.10. The number of terminal acetylenes is 1. The summed E-state index contributed by atoms with van der Waals surface area (Å²) in [6, 6.07) is 2.54. The Hall–Kier alpha value is -1.27. The lowest BCUT2D eigenvalue weighted by atomic mass is 10.1. The second-order valence-electron chi connectivity index (χ2n) is 4.48. The summed E-state index contributed by atoms with van der Waals surface area (Å²) in [7, 11) is 0. The smallest absolute Gasteiger partial charge is 0.0625 e. The molecule has 0 amide bonds. The van der Waals surface area contributed by atoms with Crippen LogP contribution in [0.1, 0.15) is 57.5 Å². The highest BCUT2D eigenvalue weighted by atomic mass is 15.3. The van der Waals surface area contributed by atoms with E-state index in [1.807, 2.05) is 0 Å². The van der Waals surface area contributed by atoms with Gasteiger partial charge in [-0.2, -0.15) is 5.10 Å². The van der Waals surface area contributed by atoms with E-state index in [4.69, 9.17) is 6.42 Å². The highest BCUT2D eigenvalue weighted by molar-refractivity contribution is 5.15. The first-order valence-corrected chi connectivity index (χ1v) is 7.00. The molecule has 1 aromatic heterocycles. The summed E-state index contributed by atoms with van der Waals surface area (Å²) in [5.41, 5.74) is 2.44. The minimum atomic E-state index is 0.328. The molecule has 0 bridgehead atoms. The van der Waals surface area contributed by atoms with Gasteiger partial charge in [0.15, 0.2) is 0 Å². The van der Waals surface area contributed by atoms with E-state index >= 15 is 0 Å². The minimum absolute atomic E-state index is 0.328. The topological polar surface area (TPSA) is 29.9 Å². The van der Waals surface area contributed by atoms with E-state index in [1.54, 1.807) is 0 Å². The summed E-state index contributed by atoms with van der Waals surface area (Å²) in [5, 5.41) is 8.19. The average Bonchev–Trinajstić information content (AvgIpc) is 2.82. The summed E-state index contributed by atoms with van der Waals surface area (Å²) in [6.07, 6.45) is 9.28. The van der Waals surface area contributed by atoms with Gasteiger partial charge in [0.05, 0.1) is 17.4 Å². The van der Waals surface area contributed by atoms with Gasteiger partial charge in [-0.15, -0.1) is 12.3 Å². The van der Waals surface area contributed by atoms with Gasteiger partial charge in [0.25, 0.3) is 0 Å². The van der Waals surface area contributed by atoms with E-state index in [0.29, 0.717) is 6.04 Å². The van der Waals surface area contributed by atoms with Crippen LogP contribution in [-0.4, -0.2) is 16.3 Å². The first-order chi connectivity index (χ1) is 8.76. The first-order valence-electron chi connectivity index (χ1n) is 7.00. The Morgan fingerprint density at radius 1 is 1.44 bits per heavy atom. The Kier molecular flexibility index (Phi) is 6.53. The van der Waals surface area contributed by atoms with Crippen LogP contribution in [0, 0.1) is 12.3 Å². The van der Waals surface area contributed by atoms with E-state index in [1.165, 1.54) is 5.69 Å². The normalized spacial score (nSPS) is 12.3. The van der Waals surface area contributed by atoms with E-state index in [-0.39, 0.29) is 0 Å². The number of nitrogens with zero attached hydrogens (tertiary/aromatic N) is 2. The van der Waals surface area contributed by atoms with Crippen LogP contribution in [0.2, 0.25) is 0 Å². The van der Waals surface area contributed by atoms with E-state index in [2.05, 4.69) is 47.9 Å². The van der Waals surface area contributed by atoms with Crippen LogP contribution in [0.15, 0.2) is 6.07 Å². The molecule has 0 fully saturated rings. The molecule has 1 rings (SSSR count). The maximum atomic E-state index is 5.39. The molecule has 0 spiro atoms. The van der Waals surface area contributed by atoms with Gasteiger partial charge in [0.1, 0.15) is 0 Å². The molecule has 1 aromatic rings. The van der Waals surface area contributed by atoms with Gasteiger partial charge in [-0.25, -0.2) is 0 Å². The summed E-state index contributed by atoms with van der Waals surface area (Å²) >= 11 is 0. The fourth-order valence-corrected chi connectivity index (χ4v) is 2.09. The van der Waals surface area contributed by atoms with Crippen molar-refractivity contribution in [3.05, 3.63) is 17.5 Å². The van der Waals surface area contributed by atoms with E-state index in [9.17, 15) is 0 Å². The predicted molar refractivity (Wildman–Crippen MR) is 76.4 cm³/mol. The summed E-state index contributed by atoms with van der Waals surface area (Å²) < 4.78 is 2.10. The van der Waals surface area contributed by atoms with Crippen LogP contribution >= 0.6 is 0 Å². The monoisotopic (exact) mass is 247 g/mol. The van der Waals surface area contributed by atoms with Crippen molar-refractivity contribution in [1.82, 2.24) is 15.1 Å². The molecule has 100 valence electrons.